The number of piperazine rings is 1. The van der Waals surface area contributed by atoms with E-state index in [2.05, 4.69) is 21.5 Å². The van der Waals surface area contributed by atoms with Crippen LogP contribution in [0.3, 0.4) is 0 Å². The van der Waals surface area contributed by atoms with Gasteiger partial charge >= 0.3 is 6.61 Å². The number of rotatable bonds is 5. The molecule has 0 aliphatic carbocycles. The first-order chi connectivity index (χ1) is 16.7. The molecule has 3 heterocycles. The number of hydrogen-bond acceptors (Lipinski definition) is 7. The van der Waals surface area contributed by atoms with E-state index in [-0.39, 0.29) is 29.1 Å². The summed E-state index contributed by atoms with van der Waals surface area (Å²) in [6, 6.07) is 14.0. The Bertz CT molecular complexity index is 1390. The van der Waals surface area contributed by atoms with E-state index < -0.39 is 12.2 Å². The van der Waals surface area contributed by atoms with Crippen molar-refractivity contribution in [2.75, 3.05) is 24.5 Å². The number of nitriles is 2. The molecule has 1 aliphatic rings. The van der Waals surface area contributed by atoms with Crippen LogP contribution in [0.5, 0.6) is 5.75 Å². The summed E-state index contributed by atoms with van der Waals surface area (Å²) < 4.78 is 30.7. The van der Waals surface area contributed by atoms with Gasteiger partial charge in [0.25, 0.3) is 5.56 Å². The Kier molecular flexibility index (Phi) is 6.68. The van der Waals surface area contributed by atoms with Crippen LogP contribution in [0, 0.1) is 22.7 Å². The highest BCUT2D eigenvalue weighted by molar-refractivity contribution is 5.92. The molecule has 0 saturated carbocycles. The second kappa shape index (κ2) is 9.69. The molecule has 0 bridgehead atoms. The molecule has 2 aromatic heterocycles. The van der Waals surface area contributed by atoms with Gasteiger partial charge in [-0.2, -0.15) is 19.3 Å². The van der Waals surface area contributed by atoms with Crippen LogP contribution < -0.4 is 15.2 Å². The van der Waals surface area contributed by atoms with Gasteiger partial charge in [0.2, 0.25) is 0 Å². The summed E-state index contributed by atoms with van der Waals surface area (Å²) in [5.74, 6) is 0.111. The SMILES string of the molecule is CC(c1ccc(OC(F)F)cc1)N1CCN(c2c(C#N)c(=O)n(C)c3ccc(C#N)nc23)C[C@H]1C. The van der Waals surface area contributed by atoms with Crippen LogP contribution in [0.25, 0.3) is 11.0 Å². The van der Waals surface area contributed by atoms with Crippen LogP contribution >= 0.6 is 0 Å². The van der Waals surface area contributed by atoms with Crippen LogP contribution in [-0.4, -0.2) is 46.7 Å². The second-order valence-corrected chi connectivity index (χ2v) is 8.53. The van der Waals surface area contributed by atoms with Crippen molar-refractivity contribution < 1.29 is 13.5 Å². The molecule has 0 radical (unpaired) electrons. The van der Waals surface area contributed by atoms with Crippen molar-refractivity contribution in [2.24, 2.45) is 7.05 Å². The Hall–Kier alpha value is -4.02. The lowest BCUT2D eigenvalue weighted by Gasteiger charge is -2.44. The fraction of sp³-hybridized carbons (Fsp3) is 0.360. The van der Waals surface area contributed by atoms with Gasteiger partial charge in [0.05, 0.1) is 11.2 Å². The van der Waals surface area contributed by atoms with Crippen molar-refractivity contribution in [1.82, 2.24) is 14.5 Å². The molecule has 2 atom stereocenters. The molecule has 4 rings (SSSR count). The first kappa shape index (κ1) is 24.1. The van der Waals surface area contributed by atoms with E-state index in [0.717, 1.165) is 5.56 Å². The third-order valence-corrected chi connectivity index (χ3v) is 6.52. The Labute approximate surface area is 201 Å². The summed E-state index contributed by atoms with van der Waals surface area (Å²) in [5.41, 5.74) is 2.23. The molecule has 1 aromatic carbocycles. The number of aromatic nitrogens is 2. The Morgan fingerprint density at radius 3 is 2.43 bits per heavy atom. The van der Waals surface area contributed by atoms with Gasteiger partial charge in [-0.25, -0.2) is 4.98 Å². The number of fused-ring (bicyclic) bond motifs is 1. The Balaban J connectivity index is 1.64. The molecule has 35 heavy (non-hydrogen) atoms. The number of alkyl halides is 2. The first-order valence-electron chi connectivity index (χ1n) is 11.1. The van der Waals surface area contributed by atoms with Gasteiger partial charge in [0.1, 0.15) is 34.7 Å². The second-order valence-electron chi connectivity index (χ2n) is 8.53. The van der Waals surface area contributed by atoms with Crippen LogP contribution in [-0.2, 0) is 7.05 Å². The summed E-state index contributed by atoms with van der Waals surface area (Å²) in [6.45, 7) is 2.94. The lowest BCUT2D eigenvalue weighted by atomic mass is 10.0. The van der Waals surface area contributed by atoms with Crippen LogP contribution in [0.2, 0.25) is 0 Å². The van der Waals surface area contributed by atoms with Crippen molar-refractivity contribution in [2.45, 2.75) is 32.5 Å². The maximum Gasteiger partial charge on any atom is 0.387 e. The van der Waals surface area contributed by atoms with Crippen LogP contribution in [0.4, 0.5) is 14.5 Å². The number of ether oxygens (including phenoxy) is 1. The highest BCUT2D eigenvalue weighted by Crippen LogP contribution is 2.32. The molecule has 8 nitrogen and oxygen atoms in total. The van der Waals surface area contributed by atoms with E-state index >= 15 is 0 Å². The zero-order valence-electron chi connectivity index (χ0n) is 19.6. The molecule has 0 amide bonds. The van der Waals surface area contributed by atoms with E-state index in [4.69, 9.17) is 0 Å². The van der Waals surface area contributed by atoms with Gasteiger partial charge in [-0.1, -0.05) is 12.1 Å². The third-order valence-electron chi connectivity index (χ3n) is 6.52. The van der Waals surface area contributed by atoms with Gasteiger partial charge in [-0.3, -0.25) is 9.69 Å². The summed E-state index contributed by atoms with van der Waals surface area (Å²) in [6.07, 6.45) is 0. The molecule has 1 saturated heterocycles. The van der Waals surface area contributed by atoms with E-state index in [1.54, 1.807) is 31.3 Å². The minimum absolute atomic E-state index is 0.00547. The number of aryl methyl sites for hydroxylation is 1. The molecular formula is C25H24F2N6O2. The average molecular weight is 479 g/mol. The number of pyridine rings is 2. The lowest BCUT2D eigenvalue weighted by molar-refractivity contribution is -0.0498. The fourth-order valence-electron chi connectivity index (χ4n) is 4.73. The highest BCUT2D eigenvalue weighted by Gasteiger charge is 2.31. The number of halogens is 2. The van der Waals surface area contributed by atoms with Crippen molar-refractivity contribution in [3.63, 3.8) is 0 Å². The van der Waals surface area contributed by atoms with Gasteiger partial charge in [0.15, 0.2) is 0 Å². The van der Waals surface area contributed by atoms with Gasteiger partial charge in [-0.05, 0) is 43.7 Å². The predicted molar refractivity (Wildman–Crippen MR) is 126 cm³/mol. The molecule has 1 fully saturated rings. The first-order valence-corrected chi connectivity index (χ1v) is 11.1. The van der Waals surface area contributed by atoms with Crippen molar-refractivity contribution in [3.8, 4) is 17.9 Å². The number of anilines is 1. The minimum atomic E-state index is -2.87. The maximum atomic E-state index is 12.9. The van der Waals surface area contributed by atoms with E-state index in [1.807, 2.05) is 24.0 Å². The summed E-state index contributed by atoms with van der Waals surface area (Å²) >= 11 is 0. The summed E-state index contributed by atoms with van der Waals surface area (Å²) in [4.78, 5) is 21.6. The van der Waals surface area contributed by atoms with Crippen molar-refractivity contribution in [3.05, 3.63) is 63.6 Å². The maximum absolute atomic E-state index is 12.9. The van der Waals surface area contributed by atoms with Gasteiger partial charge in [-0.15, -0.1) is 0 Å². The Morgan fingerprint density at radius 1 is 1.11 bits per heavy atom. The van der Waals surface area contributed by atoms with Crippen LogP contribution in [0.1, 0.15) is 36.7 Å². The molecule has 0 N–H and O–H groups in total. The largest absolute Gasteiger partial charge is 0.435 e. The minimum Gasteiger partial charge on any atom is -0.435 e. The summed E-state index contributed by atoms with van der Waals surface area (Å²) in [5, 5.41) is 19.2. The molecule has 180 valence electrons. The van der Waals surface area contributed by atoms with Crippen molar-refractivity contribution >= 4 is 16.7 Å². The third kappa shape index (κ3) is 4.53. The number of benzene rings is 1. The lowest BCUT2D eigenvalue weighted by Crippen LogP contribution is -2.53. The number of hydrogen-bond donors (Lipinski definition) is 0. The zero-order valence-corrected chi connectivity index (χ0v) is 19.6. The van der Waals surface area contributed by atoms with Crippen molar-refractivity contribution in [1.29, 1.82) is 10.5 Å². The van der Waals surface area contributed by atoms with E-state index in [9.17, 15) is 24.1 Å². The quantitative estimate of drug-likeness (QED) is 0.553. The Morgan fingerprint density at radius 2 is 1.83 bits per heavy atom. The zero-order chi connectivity index (χ0) is 25.3. The molecule has 10 heteroatoms. The monoisotopic (exact) mass is 478 g/mol. The highest BCUT2D eigenvalue weighted by atomic mass is 19.3. The molecular weight excluding hydrogens is 454 g/mol. The smallest absolute Gasteiger partial charge is 0.387 e. The number of nitrogens with zero attached hydrogens (tertiary/aromatic N) is 6. The topological polar surface area (TPSA) is 98.2 Å². The predicted octanol–water partition coefficient (Wildman–Crippen LogP) is 3.55. The van der Waals surface area contributed by atoms with Crippen LogP contribution in [0.15, 0.2) is 41.2 Å². The van der Waals surface area contributed by atoms with E-state index in [0.29, 0.717) is 36.4 Å². The standard InChI is InChI=1S/C25H24F2N6O2/c1-15-14-32(10-11-33(15)16(2)17-4-7-19(8-5-17)35-25(26)27)23-20(13-29)24(34)31(3)21-9-6-18(12-28)30-22(21)23/h4-9,15-16,25H,10-11,14H2,1-3H3/t15-,16?/m1/s1. The average Bonchev–Trinajstić information content (AvgIpc) is 2.85. The molecule has 1 unspecified atom stereocenters. The van der Waals surface area contributed by atoms with Gasteiger partial charge < -0.3 is 14.2 Å². The summed E-state index contributed by atoms with van der Waals surface area (Å²) in [7, 11) is 1.59. The van der Waals surface area contributed by atoms with E-state index in [1.165, 1.54) is 16.7 Å². The molecule has 0 spiro atoms. The molecule has 1 aliphatic heterocycles. The fourth-order valence-corrected chi connectivity index (χ4v) is 4.73. The normalized spacial score (nSPS) is 17.3. The molecule has 3 aromatic rings. The van der Waals surface area contributed by atoms with Gasteiger partial charge in [0, 0.05) is 38.8 Å².